The van der Waals surface area contributed by atoms with E-state index in [1.54, 1.807) is 30.1 Å². The standard InChI is InChI=1S/C13H14N4O/c1-17-9-10(8-16-17)7-15-13-5-12(18-2)4-3-11(13)6-14/h3-5,8-9,15H,7H2,1-2H3. The number of nitrogens with zero attached hydrogens (tertiary/aromatic N) is 3. The fourth-order valence-electron chi connectivity index (χ4n) is 1.65. The van der Waals surface area contributed by atoms with Crippen LogP contribution in [-0.4, -0.2) is 16.9 Å². The molecule has 0 unspecified atom stereocenters. The lowest BCUT2D eigenvalue weighted by Gasteiger charge is -2.08. The molecule has 0 aliphatic heterocycles. The number of benzene rings is 1. The molecule has 2 aromatic rings. The number of rotatable bonds is 4. The van der Waals surface area contributed by atoms with Crippen LogP contribution in [0.1, 0.15) is 11.1 Å². The third kappa shape index (κ3) is 2.61. The van der Waals surface area contributed by atoms with Crippen molar-refractivity contribution >= 4 is 5.69 Å². The van der Waals surface area contributed by atoms with Crippen LogP contribution in [0.3, 0.4) is 0 Å². The molecule has 5 nitrogen and oxygen atoms in total. The Morgan fingerprint density at radius 3 is 2.94 bits per heavy atom. The molecule has 0 bridgehead atoms. The number of methoxy groups -OCH3 is 1. The summed E-state index contributed by atoms with van der Waals surface area (Å²) in [4.78, 5) is 0. The van der Waals surface area contributed by atoms with Crippen LogP contribution in [0, 0.1) is 11.3 Å². The highest BCUT2D eigenvalue weighted by atomic mass is 16.5. The van der Waals surface area contributed by atoms with Gasteiger partial charge in [-0.05, 0) is 12.1 Å². The molecule has 18 heavy (non-hydrogen) atoms. The lowest BCUT2D eigenvalue weighted by Crippen LogP contribution is -2.01. The van der Waals surface area contributed by atoms with Crippen molar-refractivity contribution < 1.29 is 4.74 Å². The second-order valence-electron chi connectivity index (χ2n) is 3.90. The molecule has 0 aliphatic carbocycles. The molecule has 1 aromatic heterocycles. The van der Waals surface area contributed by atoms with Gasteiger partial charge in [0.25, 0.3) is 0 Å². The molecule has 0 fully saturated rings. The minimum Gasteiger partial charge on any atom is -0.497 e. The fraction of sp³-hybridized carbons (Fsp3) is 0.231. The zero-order valence-electron chi connectivity index (χ0n) is 10.3. The number of nitriles is 1. The Kier molecular flexibility index (Phi) is 3.49. The average Bonchev–Trinajstić information content (AvgIpc) is 2.81. The lowest BCUT2D eigenvalue weighted by molar-refractivity contribution is 0.415. The van der Waals surface area contributed by atoms with Gasteiger partial charge in [-0.25, -0.2) is 0 Å². The Balaban J connectivity index is 2.15. The van der Waals surface area contributed by atoms with Gasteiger partial charge in [-0.2, -0.15) is 10.4 Å². The summed E-state index contributed by atoms with van der Waals surface area (Å²) >= 11 is 0. The third-order valence-electron chi connectivity index (χ3n) is 2.59. The summed E-state index contributed by atoms with van der Waals surface area (Å²) in [7, 11) is 3.47. The Morgan fingerprint density at radius 2 is 2.33 bits per heavy atom. The highest BCUT2D eigenvalue weighted by molar-refractivity contribution is 5.60. The molecule has 0 saturated carbocycles. The van der Waals surface area contributed by atoms with E-state index in [1.807, 2.05) is 19.3 Å². The zero-order chi connectivity index (χ0) is 13.0. The zero-order valence-corrected chi connectivity index (χ0v) is 10.3. The number of hydrogen-bond donors (Lipinski definition) is 1. The van der Waals surface area contributed by atoms with Crippen LogP contribution in [0.25, 0.3) is 0 Å². The Bertz CT molecular complexity index is 583. The molecule has 0 spiro atoms. The van der Waals surface area contributed by atoms with Crippen molar-refractivity contribution in [2.75, 3.05) is 12.4 Å². The van der Waals surface area contributed by atoms with Crippen molar-refractivity contribution in [3.05, 3.63) is 41.7 Å². The monoisotopic (exact) mass is 242 g/mol. The maximum atomic E-state index is 9.04. The van der Waals surface area contributed by atoms with E-state index in [1.165, 1.54) is 0 Å². The van der Waals surface area contributed by atoms with Crippen LogP contribution in [0.4, 0.5) is 5.69 Å². The van der Waals surface area contributed by atoms with Gasteiger partial charge in [0.05, 0.1) is 24.6 Å². The van der Waals surface area contributed by atoms with Crippen LogP contribution in [0.5, 0.6) is 5.75 Å². The normalized spacial score (nSPS) is 9.83. The number of hydrogen-bond acceptors (Lipinski definition) is 4. The largest absolute Gasteiger partial charge is 0.497 e. The minimum atomic E-state index is 0.597. The summed E-state index contributed by atoms with van der Waals surface area (Å²) in [5.41, 5.74) is 2.42. The van der Waals surface area contributed by atoms with Crippen LogP contribution in [0.2, 0.25) is 0 Å². The van der Waals surface area contributed by atoms with Crippen molar-refractivity contribution in [2.45, 2.75) is 6.54 Å². The van der Waals surface area contributed by atoms with Gasteiger partial charge >= 0.3 is 0 Å². The quantitative estimate of drug-likeness (QED) is 0.889. The van der Waals surface area contributed by atoms with Crippen molar-refractivity contribution in [3.63, 3.8) is 0 Å². The highest BCUT2D eigenvalue weighted by Crippen LogP contribution is 2.22. The van der Waals surface area contributed by atoms with E-state index in [9.17, 15) is 0 Å². The second kappa shape index (κ2) is 5.23. The van der Waals surface area contributed by atoms with Crippen molar-refractivity contribution in [3.8, 4) is 11.8 Å². The summed E-state index contributed by atoms with van der Waals surface area (Å²) < 4.78 is 6.89. The Morgan fingerprint density at radius 1 is 1.50 bits per heavy atom. The topological polar surface area (TPSA) is 62.9 Å². The van der Waals surface area contributed by atoms with Crippen molar-refractivity contribution in [1.29, 1.82) is 5.26 Å². The summed E-state index contributed by atoms with van der Waals surface area (Å²) in [6.07, 6.45) is 3.72. The van der Waals surface area contributed by atoms with Crippen LogP contribution < -0.4 is 10.1 Å². The maximum absolute atomic E-state index is 9.04. The molecule has 0 saturated heterocycles. The molecule has 1 heterocycles. The van der Waals surface area contributed by atoms with Crippen LogP contribution >= 0.6 is 0 Å². The second-order valence-corrected chi connectivity index (χ2v) is 3.90. The number of ether oxygens (including phenoxy) is 1. The third-order valence-corrected chi connectivity index (χ3v) is 2.59. The first-order chi connectivity index (χ1) is 8.72. The first kappa shape index (κ1) is 12.0. The summed E-state index contributed by atoms with van der Waals surface area (Å²) in [6.45, 7) is 0.621. The summed E-state index contributed by atoms with van der Waals surface area (Å²) in [5.74, 6) is 0.725. The SMILES string of the molecule is COc1ccc(C#N)c(NCc2cnn(C)c2)c1. The predicted octanol–water partition coefficient (Wildman–Crippen LogP) is 1.91. The fourth-order valence-corrected chi connectivity index (χ4v) is 1.65. The van der Waals surface area contributed by atoms with Crippen LogP contribution in [-0.2, 0) is 13.6 Å². The van der Waals surface area contributed by atoms with Gasteiger partial charge in [-0.1, -0.05) is 0 Å². The first-order valence-corrected chi connectivity index (χ1v) is 5.52. The minimum absolute atomic E-state index is 0.597. The Hall–Kier alpha value is -2.48. The van der Waals surface area contributed by atoms with Gasteiger partial charge in [0.1, 0.15) is 11.8 Å². The van der Waals surface area contributed by atoms with E-state index in [2.05, 4.69) is 16.5 Å². The van der Waals surface area contributed by atoms with E-state index in [0.29, 0.717) is 12.1 Å². The molecule has 0 aliphatic rings. The maximum Gasteiger partial charge on any atom is 0.121 e. The number of aromatic nitrogens is 2. The molecular weight excluding hydrogens is 228 g/mol. The van der Waals surface area contributed by atoms with E-state index in [-0.39, 0.29) is 0 Å². The molecular formula is C13H14N4O. The smallest absolute Gasteiger partial charge is 0.121 e. The molecule has 92 valence electrons. The number of anilines is 1. The van der Waals surface area contributed by atoms with Gasteiger partial charge in [0.15, 0.2) is 0 Å². The molecule has 0 amide bonds. The van der Waals surface area contributed by atoms with Gasteiger partial charge in [0.2, 0.25) is 0 Å². The molecule has 0 radical (unpaired) electrons. The average molecular weight is 242 g/mol. The highest BCUT2D eigenvalue weighted by Gasteiger charge is 2.04. The van der Waals surface area contributed by atoms with Crippen LogP contribution in [0.15, 0.2) is 30.6 Å². The van der Waals surface area contributed by atoms with Crippen molar-refractivity contribution in [2.24, 2.45) is 7.05 Å². The molecule has 0 atom stereocenters. The van der Waals surface area contributed by atoms with E-state index >= 15 is 0 Å². The van der Waals surface area contributed by atoms with Crippen molar-refractivity contribution in [1.82, 2.24) is 9.78 Å². The van der Waals surface area contributed by atoms with Gasteiger partial charge in [0, 0.05) is 31.4 Å². The van der Waals surface area contributed by atoms with Gasteiger partial charge in [-0.3, -0.25) is 4.68 Å². The predicted molar refractivity (Wildman–Crippen MR) is 68.2 cm³/mol. The number of nitrogens with one attached hydrogen (secondary N) is 1. The summed E-state index contributed by atoms with van der Waals surface area (Å²) in [6, 6.07) is 7.48. The van der Waals surface area contributed by atoms with Gasteiger partial charge < -0.3 is 10.1 Å². The first-order valence-electron chi connectivity index (χ1n) is 5.52. The molecule has 2 rings (SSSR count). The van der Waals surface area contributed by atoms with E-state index < -0.39 is 0 Å². The number of aryl methyl sites for hydroxylation is 1. The lowest BCUT2D eigenvalue weighted by atomic mass is 10.2. The van der Waals surface area contributed by atoms with E-state index in [0.717, 1.165) is 17.0 Å². The molecule has 1 N–H and O–H groups in total. The van der Waals surface area contributed by atoms with E-state index in [4.69, 9.17) is 10.00 Å². The Labute approximate surface area is 106 Å². The molecule has 5 heteroatoms. The van der Waals surface area contributed by atoms with Gasteiger partial charge in [-0.15, -0.1) is 0 Å². The summed E-state index contributed by atoms with van der Waals surface area (Å²) in [5, 5.41) is 16.3. The molecule has 1 aromatic carbocycles.